The minimum absolute atomic E-state index is 0.103. The number of anilines is 1. The summed E-state index contributed by atoms with van der Waals surface area (Å²) in [5.41, 5.74) is 0.868. The highest BCUT2D eigenvalue weighted by Gasteiger charge is 2.29. The van der Waals surface area contributed by atoms with Gasteiger partial charge in [-0.1, -0.05) is 0 Å². The summed E-state index contributed by atoms with van der Waals surface area (Å²) in [6, 6.07) is 5.10. The van der Waals surface area contributed by atoms with E-state index in [1.807, 2.05) is 6.92 Å². The lowest BCUT2D eigenvalue weighted by atomic mass is 9.89. The Morgan fingerprint density at radius 3 is 2.68 bits per heavy atom. The zero-order valence-corrected chi connectivity index (χ0v) is 13.0. The first-order chi connectivity index (χ1) is 8.90. The van der Waals surface area contributed by atoms with Crippen molar-refractivity contribution in [2.45, 2.75) is 36.8 Å². The van der Waals surface area contributed by atoms with E-state index >= 15 is 0 Å². The molecular weight excluding hydrogens is 332 g/mol. The second-order valence-electron chi connectivity index (χ2n) is 4.58. The van der Waals surface area contributed by atoms with Gasteiger partial charge in [-0.25, -0.2) is 13.6 Å². The molecule has 0 saturated heterocycles. The predicted molar refractivity (Wildman–Crippen MR) is 77.6 cm³/mol. The molecule has 0 spiro atoms. The Balaban J connectivity index is 1.99. The molecule has 0 bridgehead atoms. The van der Waals surface area contributed by atoms with Crippen LogP contribution in [0.5, 0.6) is 0 Å². The Bertz CT molecular complexity index is 556. The lowest BCUT2D eigenvalue weighted by molar-refractivity contribution is 0.00298. The molecule has 0 aliphatic heterocycles. The van der Waals surface area contributed by atoms with Crippen LogP contribution >= 0.6 is 15.9 Å². The van der Waals surface area contributed by atoms with Gasteiger partial charge in [-0.2, -0.15) is 0 Å². The van der Waals surface area contributed by atoms with Gasteiger partial charge in [-0.05, 0) is 53.9 Å². The van der Waals surface area contributed by atoms with Crippen LogP contribution in [0.3, 0.4) is 0 Å². The Morgan fingerprint density at radius 2 is 2.16 bits per heavy atom. The van der Waals surface area contributed by atoms with Crippen molar-refractivity contribution in [1.29, 1.82) is 0 Å². The zero-order valence-electron chi connectivity index (χ0n) is 10.6. The smallest absolute Gasteiger partial charge is 0.238 e. The first-order valence-electron chi connectivity index (χ1n) is 6.10. The number of halogens is 1. The molecule has 19 heavy (non-hydrogen) atoms. The third-order valence-electron chi connectivity index (χ3n) is 3.13. The van der Waals surface area contributed by atoms with Crippen molar-refractivity contribution in [1.82, 2.24) is 0 Å². The molecular formula is C12H17BrN2O3S. The van der Waals surface area contributed by atoms with E-state index in [1.54, 1.807) is 6.07 Å². The minimum Gasteiger partial charge on any atom is -0.381 e. The largest absolute Gasteiger partial charge is 0.381 e. The molecule has 106 valence electrons. The fourth-order valence-electron chi connectivity index (χ4n) is 2.07. The molecule has 0 radical (unpaired) electrons. The number of primary sulfonamides is 1. The number of benzene rings is 1. The van der Waals surface area contributed by atoms with Crippen LogP contribution in [0, 0.1) is 0 Å². The van der Waals surface area contributed by atoms with Gasteiger partial charge in [-0.15, -0.1) is 0 Å². The highest BCUT2D eigenvalue weighted by atomic mass is 79.9. The van der Waals surface area contributed by atoms with Crippen LogP contribution in [-0.4, -0.2) is 27.2 Å². The monoisotopic (exact) mass is 348 g/mol. The summed E-state index contributed by atoms with van der Waals surface area (Å²) >= 11 is 3.35. The van der Waals surface area contributed by atoms with Crippen molar-refractivity contribution < 1.29 is 13.2 Å². The van der Waals surface area contributed by atoms with Gasteiger partial charge >= 0.3 is 0 Å². The average Bonchev–Trinajstić information content (AvgIpc) is 2.27. The molecule has 1 fully saturated rings. The van der Waals surface area contributed by atoms with Gasteiger partial charge in [0.15, 0.2) is 0 Å². The average molecular weight is 349 g/mol. The Labute approximate surface area is 121 Å². The van der Waals surface area contributed by atoms with Crippen molar-refractivity contribution in [2.24, 2.45) is 5.14 Å². The van der Waals surface area contributed by atoms with Crippen molar-refractivity contribution in [3.8, 4) is 0 Å². The minimum atomic E-state index is -3.66. The van der Waals surface area contributed by atoms with E-state index < -0.39 is 10.0 Å². The number of hydrogen-bond donors (Lipinski definition) is 2. The molecule has 0 aromatic heterocycles. The Hall–Kier alpha value is -0.630. The van der Waals surface area contributed by atoms with E-state index in [9.17, 15) is 8.42 Å². The zero-order chi connectivity index (χ0) is 14.0. The first-order valence-corrected chi connectivity index (χ1v) is 8.44. The molecule has 0 unspecified atom stereocenters. The van der Waals surface area contributed by atoms with Gasteiger partial charge in [0.25, 0.3) is 0 Å². The SMILES string of the molecule is CCOC1CC(Nc2ccc(S(N)(=O)=O)cc2Br)C1. The number of nitrogens with one attached hydrogen (secondary N) is 1. The number of ether oxygens (including phenoxy) is 1. The lowest BCUT2D eigenvalue weighted by Crippen LogP contribution is -2.40. The van der Waals surface area contributed by atoms with Gasteiger partial charge in [-0.3, -0.25) is 0 Å². The maximum Gasteiger partial charge on any atom is 0.238 e. The van der Waals surface area contributed by atoms with Crippen molar-refractivity contribution >= 4 is 31.6 Å². The third-order valence-corrected chi connectivity index (χ3v) is 4.69. The van der Waals surface area contributed by atoms with E-state index in [1.165, 1.54) is 12.1 Å². The standard InChI is InChI=1S/C12H17BrN2O3S/c1-2-18-9-5-8(6-9)15-12-4-3-10(7-11(12)13)19(14,16)17/h3-4,7-9,15H,2,5-6H2,1H3,(H2,14,16,17). The number of hydrogen-bond acceptors (Lipinski definition) is 4. The van der Waals surface area contributed by atoms with E-state index in [0.717, 1.165) is 25.1 Å². The third kappa shape index (κ3) is 3.68. The lowest BCUT2D eigenvalue weighted by Gasteiger charge is -2.36. The van der Waals surface area contributed by atoms with Crippen LogP contribution in [0.2, 0.25) is 0 Å². The summed E-state index contributed by atoms with van der Waals surface area (Å²) in [6.45, 7) is 2.73. The van der Waals surface area contributed by atoms with E-state index in [0.29, 0.717) is 16.6 Å². The van der Waals surface area contributed by atoms with Crippen LogP contribution in [0.25, 0.3) is 0 Å². The molecule has 0 amide bonds. The maximum absolute atomic E-state index is 11.2. The number of sulfonamides is 1. The maximum atomic E-state index is 11.2. The van der Waals surface area contributed by atoms with Gasteiger partial charge in [0, 0.05) is 22.8 Å². The second-order valence-corrected chi connectivity index (χ2v) is 6.99. The highest BCUT2D eigenvalue weighted by Crippen LogP contribution is 2.31. The molecule has 2 rings (SSSR count). The summed E-state index contributed by atoms with van der Waals surface area (Å²) in [5, 5.41) is 8.43. The van der Waals surface area contributed by atoms with Crippen molar-refractivity contribution in [3.63, 3.8) is 0 Å². The normalized spacial score (nSPS) is 22.9. The van der Waals surface area contributed by atoms with E-state index in [2.05, 4.69) is 21.2 Å². The van der Waals surface area contributed by atoms with Crippen LogP contribution in [0.1, 0.15) is 19.8 Å². The topological polar surface area (TPSA) is 81.4 Å². The first kappa shape index (κ1) is 14.8. The fraction of sp³-hybridized carbons (Fsp3) is 0.500. The fourth-order valence-corrected chi connectivity index (χ4v) is 3.25. The molecule has 1 aromatic carbocycles. The van der Waals surface area contributed by atoms with Crippen LogP contribution in [-0.2, 0) is 14.8 Å². The van der Waals surface area contributed by atoms with Gasteiger partial charge in [0.1, 0.15) is 0 Å². The molecule has 1 aromatic rings. The van der Waals surface area contributed by atoms with Gasteiger partial charge < -0.3 is 10.1 Å². The summed E-state index contributed by atoms with van der Waals surface area (Å²) in [4.78, 5) is 0.103. The van der Waals surface area contributed by atoms with Crippen LogP contribution in [0.4, 0.5) is 5.69 Å². The Kier molecular flexibility index (Phi) is 4.50. The summed E-state index contributed by atoms with van der Waals surface area (Å²) in [7, 11) is -3.66. The van der Waals surface area contributed by atoms with E-state index in [-0.39, 0.29) is 4.90 Å². The van der Waals surface area contributed by atoms with Crippen LogP contribution in [0.15, 0.2) is 27.6 Å². The molecule has 0 atom stereocenters. The molecule has 7 heteroatoms. The molecule has 1 aliphatic rings. The molecule has 1 aliphatic carbocycles. The summed E-state index contributed by atoms with van der Waals surface area (Å²) < 4.78 is 28.6. The highest BCUT2D eigenvalue weighted by molar-refractivity contribution is 9.10. The molecule has 1 saturated carbocycles. The molecule has 3 N–H and O–H groups in total. The summed E-state index contributed by atoms with van der Waals surface area (Å²) in [6.07, 6.45) is 2.28. The second kappa shape index (κ2) is 5.78. The van der Waals surface area contributed by atoms with Crippen molar-refractivity contribution in [3.05, 3.63) is 22.7 Å². The summed E-state index contributed by atoms with van der Waals surface area (Å²) in [5.74, 6) is 0. The van der Waals surface area contributed by atoms with Crippen molar-refractivity contribution in [2.75, 3.05) is 11.9 Å². The Morgan fingerprint density at radius 1 is 1.47 bits per heavy atom. The van der Waals surface area contributed by atoms with E-state index in [4.69, 9.17) is 9.88 Å². The predicted octanol–water partition coefficient (Wildman–Crippen LogP) is 2.08. The van der Waals surface area contributed by atoms with Crippen LogP contribution < -0.4 is 10.5 Å². The quantitative estimate of drug-likeness (QED) is 0.853. The number of nitrogens with two attached hydrogens (primary N) is 1. The van der Waals surface area contributed by atoms with Gasteiger partial charge in [0.2, 0.25) is 10.0 Å². The molecule has 5 nitrogen and oxygen atoms in total. The number of rotatable bonds is 5. The van der Waals surface area contributed by atoms with Gasteiger partial charge in [0.05, 0.1) is 11.0 Å². The molecule has 0 heterocycles.